The minimum absolute atomic E-state index is 0.0303. The van der Waals surface area contributed by atoms with Gasteiger partial charge in [-0.15, -0.1) is 11.3 Å². The van der Waals surface area contributed by atoms with Crippen molar-refractivity contribution in [2.24, 2.45) is 0 Å². The SMILES string of the molecule is CCCCn1c(N)c(N(Cc2ccccc2OC)C(=O)c2sc(CCC)nc2C)c(=O)[nH]c1=O. The fraction of sp³-hybridized carbons (Fsp3) is 0.417. The Balaban J connectivity index is 2.19. The second-order valence-electron chi connectivity index (χ2n) is 7.97. The number of hydrogen-bond donors (Lipinski definition) is 2. The highest BCUT2D eigenvalue weighted by molar-refractivity contribution is 7.14. The van der Waals surface area contributed by atoms with Crippen LogP contribution in [0.5, 0.6) is 5.75 Å². The maximum absolute atomic E-state index is 13.9. The fourth-order valence-electron chi connectivity index (χ4n) is 3.73. The number of H-pyrrole nitrogens is 1. The van der Waals surface area contributed by atoms with Gasteiger partial charge in [-0.2, -0.15) is 0 Å². The highest BCUT2D eigenvalue weighted by Crippen LogP contribution is 2.29. The fourth-order valence-corrected chi connectivity index (χ4v) is 4.84. The zero-order valence-electron chi connectivity index (χ0n) is 20.0. The van der Waals surface area contributed by atoms with Crippen LogP contribution < -0.4 is 26.6 Å². The molecule has 0 spiro atoms. The van der Waals surface area contributed by atoms with Crippen LogP contribution in [0.15, 0.2) is 33.9 Å². The Kier molecular flexibility index (Phi) is 8.27. The molecule has 0 radical (unpaired) electrons. The lowest BCUT2D eigenvalue weighted by molar-refractivity contribution is 0.0987. The van der Waals surface area contributed by atoms with E-state index in [1.165, 1.54) is 20.8 Å². The van der Waals surface area contributed by atoms with Gasteiger partial charge in [-0.25, -0.2) is 9.78 Å². The lowest BCUT2D eigenvalue weighted by Crippen LogP contribution is -2.41. The number of benzene rings is 1. The number of para-hydroxylation sites is 1. The van der Waals surface area contributed by atoms with E-state index in [0.29, 0.717) is 34.8 Å². The number of methoxy groups -OCH3 is 1. The minimum atomic E-state index is -0.713. The van der Waals surface area contributed by atoms with E-state index in [1.807, 2.05) is 32.0 Å². The van der Waals surface area contributed by atoms with Crippen LogP contribution >= 0.6 is 11.3 Å². The first-order chi connectivity index (χ1) is 16.3. The van der Waals surface area contributed by atoms with Gasteiger partial charge in [0, 0.05) is 12.1 Å². The number of hydrogen-bond acceptors (Lipinski definition) is 7. The van der Waals surface area contributed by atoms with Crippen LogP contribution in [0.1, 0.15) is 59.0 Å². The number of nitrogens with zero attached hydrogens (tertiary/aromatic N) is 3. The van der Waals surface area contributed by atoms with Crippen LogP contribution in [0.3, 0.4) is 0 Å². The summed E-state index contributed by atoms with van der Waals surface area (Å²) >= 11 is 1.31. The number of carbonyl (C=O) groups excluding carboxylic acids is 1. The second-order valence-corrected chi connectivity index (χ2v) is 9.06. The second kappa shape index (κ2) is 11.1. The van der Waals surface area contributed by atoms with Crippen LogP contribution in [0.2, 0.25) is 0 Å². The number of aryl methyl sites for hydroxylation is 2. The predicted molar refractivity (Wildman–Crippen MR) is 135 cm³/mol. The van der Waals surface area contributed by atoms with Gasteiger partial charge in [-0.1, -0.05) is 38.5 Å². The molecule has 3 rings (SSSR count). The number of ether oxygens (including phenoxy) is 1. The van der Waals surface area contributed by atoms with Gasteiger partial charge in [-0.3, -0.25) is 24.0 Å². The standard InChI is InChI=1S/C24H31N5O4S/c1-5-7-13-28-21(25)19(22(30)27-24(28)32)29(14-16-11-8-9-12-17(16)33-4)23(31)20-15(3)26-18(34-20)10-6-2/h8-9,11-12H,5-7,10,13-14,25H2,1-4H3,(H,27,30,32). The van der Waals surface area contributed by atoms with Crippen molar-refractivity contribution >= 4 is 28.7 Å². The topological polar surface area (TPSA) is 123 Å². The molecule has 182 valence electrons. The number of anilines is 2. The quantitative estimate of drug-likeness (QED) is 0.453. The average molecular weight is 486 g/mol. The molecule has 1 amide bonds. The third-order valence-electron chi connectivity index (χ3n) is 5.48. The Morgan fingerprint density at radius 1 is 1.24 bits per heavy atom. The van der Waals surface area contributed by atoms with E-state index < -0.39 is 17.2 Å². The number of unbranched alkanes of at least 4 members (excludes halogenated alkanes) is 1. The molecule has 10 heteroatoms. The molecule has 9 nitrogen and oxygen atoms in total. The molecule has 0 saturated heterocycles. The van der Waals surface area contributed by atoms with Crippen molar-refractivity contribution in [3.8, 4) is 5.75 Å². The van der Waals surface area contributed by atoms with Crippen molar-refractivity contribution in [2.45, 2.75) is 59.5 Å². The Morgan fingerprint density at radius 3 is 2.65 bits per heavy atom. The first-order valence-corrected chi connectivity index (χ1v) is 12.2. The molecule has 3 N–H and O–H groups in total. The van der Waals surface area contributed by atoms with Crippen LogP contribution in [0, 0.1) is 6.92 Å². The summed E-state index contributed by atoms with van der Waals surface area (Å²) < 4.78 is 6.77. The van der Waals surface area contributed by atoms with Gasteiger partial charge in [0.1, 0.15) is 16.4 Å². The summed E-state index contributed by atoms with van der Waals surface area (Å²) in [6, 6.07) is 7.25. The molecule has 34 heavy (non-hydrogen) atoms. The van der Waals surface area contributed by atoms with Gasteiger partial charge in [0.05, 0.1) is 24.4 Å². The number of nitrogen functional groups attached to an aromatic ring is 1. The van der Waals surface area contributed by atoms with E-state index in [1.54, 1.807) is 20.1 Å². The van der Waals surface area contributed by atoms with Crippen molar-refractivity contribution in [3.63, 3.8) is 0 Å². The molecule has 2 aromatic heterocycles. The normalized spacial score (nSPS) is 10.9. The third kappa shape index (κ3) is 5.22. The minimum Gasteiger partial charge on any atom is -0.496 e. The van der Waals surface area contributed by atoms with Crippen molar-refractivity contribution in [1.82, 2.24) is 14.5 Å². The maximum Gasteiger partial charge on any atom is 0.330 e. The predicted octanol–water partition coefficient (Wildman–Crippen LogP) is 3.49. The number of amides is 1. The van der Waals surface area contributed by atoms with Gasteiger partial charge in [-0.05, 0) is 32.3 Å². The summed E-state index contributed by atoms with van der Waals surface area (Å²) in [6.07, 6.45) is 3.20. The summed E-state index contributed by atoms with van der Waals surface area (Å²) in [5.74, 6) is 0.129. The van der Waals surface area contributed by atoms with Crippen LogP contribution in [0.25, 0.3) is 0 Å². The molecule has 2 heterocycles. The maximum atomic E-state index is 13.9. The molecule has 0 aliphatic heterocycles. The number of thiazole rings is 1. The molecule has 0 saturated carbocycles. The van der Waals surface area contributed by atoms with Gasteiger partial charge >= 0.3 is 5.69 Å². The Labute approximate surface area is 202 Å². The van der Waals surface area contributed by atoms with Crippen LogP contribution in [0.4, 0.5) is 11.5 Å². The number of nitrogens with two attached hydrogens (primary N) is 1. The van der Waals surface area contributed by atoms with Crippen molar-refractivity contribution in [1.29, 1.82) is 0 Å². The van der Waals surface area contributed by atoms with Crippen molar-refractivity contribution in [2.75, 3.05) is 17.7 Å². The highest BCUT2D eigenvalue weighted by atomic mass is 32.1. The van der Waals surface area contributed by atoms with E-state index >= 15 is 0 Å². The van der Waals surface area contributed by atoms with Gasteiger partial charge in [0.2, 0.25) is 0 Å². The van der Waals surface area contributed by atoms with E-state index in [4.69, 9.17) is 10.5 Å². The van der Waals surface area contributed by atoms with E-state index in [-0.39, 0.29) is 18.1 Å². The molecule has 1 aromatic carbocycles. The number of carbonyl (C=O) groups is 1. The molecule has 0 unspecified atom stereocenters. The van der Waals surface area contributed by atoms with E-state index in [2.05, 4.69) is 9.97 Å². The van der Waals surface area contributed by atoms with E-state index in [0.717, 1.165) is 24.3 Å². The zero-order valence-corrected chi connectivity index (χ0v) is 20.8. The molecular formula is C24H31N5O4S. The lowest BCUT2D eigenvalue weighted by Gasteiger charge is -2.25. The van der Waals surface area contributed by atoms with E-state index in [9.17, 15) is 14.4 Å². The van der Waals surface area contributed by atoms with Gasteiger partial charge < -0.3 is 10.5 Å². The number of rotatable bonds is 10. The summed E-state index contributed by atoms with van der Waals surface area (Å²) in [6.45, 7) is 6.18. The van der Waals surface area contributed by atoms with Crippen molar-refractivity contribution < 1.29 is 9.53 Å². The average Bonchev–Trinajstić information content (AvgIpc) is 3.18. The summed E-state index contributed by atoms with van der Waals surface area (Å²) in [5.41, 5.74) is 6.29. The largest absolute Gasteiger partial charge is 0.496 e. The first-order valence-electron chi connectivity index (χ1n) is 11.3. The Hall–Kier alpha value is -3.40. The van der Waals surface area contributed by atoms with Crippen LogP contribution in [-0.4, -0.2) is 27.6 Å². The summed E-state index contributed by atoms with van der Waals surface area (Å²) in [7, 11) is 1.54. The molecule has 0 fully saturated rings. The smallest absolute Gasteiger partial charge is 0.330 e. The zero-order chi connectivity index (χ0) is 24.8. The summed E-state index contributed by atoms with van der Waals surface area (Å²) in [4.78, 5) is 48.0. The molecule has 0 atom stereocenters. The molecule has 3 aromatic rings. The number of aromatic nitrogens is 3. The van der Waals surface area contributed by atoms with Crippen LogP contribution in [-0.2, 0) is 19.5 Å². The number of aromatic amines is 1. The highest BCUT2D eigenvalue weighted by Gasteiger charge is 2.29. The van der Waals surface area contributed by atoms with Crippen molar-refractivity contribution in [3.05, 3.63) is 66.2 Å². The first kappa shape index (κ1) is 25.2. The Morgan fingerprint density at radius 2 is 1.97 bits per heavy atom. The van der Waals surface area contributed by atoms with Gasteiger partial charge in [0.15, 0.2) is 5.69 Å². The molecular weight excluding hydrogens is 454 g/mol. The van der Waals surface area contributed by atoms with Gasteiger partial charge in [0.25, 0.3) is 11.5 Å². The molecule has 0 aliphatic rings. The summed E-state index contributed by atoms with van der Waals surface area (Å²) in [5, 5.41) is 0.857. The lowest BCUT2D eigenvalue weighted by atomic mass is 10.1. The molecule has 0 bridgehead atoms. The third-order valence-corrected chi connectivity index (χ3v) is 6.69. The Bertz CT molecular complexity index is 1280. The number of nitrogens with one attached hydrogen (secondary N) is 1. The monoisotopic (exact) mass is 485 g/mol. The molecule has 0 aliphatic carbocycles.